The fraction of sp³-hybridized carbons (Fsp3) is 0.500. The third-order valence-electron chi connectivity index (χ3n) is 2.25. The minimum atomic E-state index is 0.189. The van der Waals surface area contributed by atoms with Gasteiger partial charge in [-0.3, -0.25) is 0 Å². The van der Waals surface area contributed by atoms with Gasteiger partial charge in [0.05, 0.1) is 6.61 Å². The Kier molecular flexibility index (Phi) is 5.76. The fourth-order valence-electron chi connectivity index (χ4n) is 1.42. The second-order valence-electron chi connectivity index (χ2n) is 3.40. The highest BCUT2D eigenvalue weighted by molar-refractivity contribution is 7.99. The van der Waals surface area contributed by atoms with E-state index in [4.69, 9.17) is 5.11 Å². The lowest BCUT2D eigenvalue weighted by molar-refractivity contribution is 0.286. The van der Waals surface area contributed by atoms with E-state index in [1.54, 1.807) is 0 Å². The molecule has 84 valence electrons. The van der Waals surface area contributed by atoms with Gasteiger partial charge in [0.15, 0.2) is 0 Å². The van der Waals surface area contributed by atoms with Gasteiger partial charge in [-0.25, -0.2) is 0 Å². The molecule has 0 spiro atoms. The topological polar surface area (TPSA) is 32.3 Å². The zero-order valence-corrected chi connectivity index (χ0v) is 10.2. The van der Waals surface area contributed by atoms with Crippen molar-refractivity contribution in [3.8, 4) is 0 Å². The van der Waals surface area contributed by atoms with Gasteiger partial charge >= 0.3 is 0 Å². The third kappa shape index (κ3) is 4.24. The first-order valence-corrected chi connectivity index (χ1v) is 6.33. The van der Waals surface area contributed by atoms with Crippen LogP contribution < -0.4 is 5.32 Å². The van der Waals surface area contributed by atoms with Gasteiger partial charge < -0.3 is 10.4 Å². The van der Waals surface area contributed by atoms with Crippen LogP contribution in [0.15, 0.2) is 29.2 Å². The second-order valence-corrected chi connectivity index (χ2v) is 4.74. The Morgan fingerprint density at radius 2 is 2.00 bits per heavy atom. The predicted octanol–water partition coefficient (Wildman–Crippen LogP) is 2.44. The molecule has 0 saturated carbocycles. The maximum absolute atomic E-state index is 8.71. The first-order chi connectivity index (χ1) is 7.27. The molecule has 2 N–H and O–H groups in total. The van der Waals surface area contributed by atoms with Gasteiger partial charge in [-0.1, -0.05) is 19.1 Å². The number of benzene rings is 1. The Hall–Kier alpha value is -0.510. The molecule has 3 heteroatoms. The molecule has 0 aliphatic rings. The minimum Gasteiger partial charge on any atom is -0.395 e. The van der Waals surface area contributed by atoms with Crippen molar-refractivity contribution in [2.45, 2.75) is 24.8 Å². The van der Waals surface area contributed by atoms with Crippen molar-refractivity contribution >= 4 is 11.8 Å². The van der Waals surface area contributed by atoms with Crippen LogP contribution in [0.4, 0.5) is 0 Å². The lowest BCUT2D eigenvalue weighted by Gasteiger charge is -2.13. The summed E-state index contributed by atoms with van der Waals surface area (Å²) >= 11 is 1.85. The molecule has 0 amide bonds. The SMILES string of the molecule is CCSc1ccc(C(C)NCCO)cc1. The Morgan fingerprint density at radius 1 is 1.33 bits per heavy atom. The van der Waals surface area contributed by atoms with Crippen LogP contribution in [0.2, 0.25) is 0 Å². The van der Waals surface area contributed by atoms with Gasteiger partial charge in [0.1, 0.15) is 0 Å². The number of aliphatic hydroxyl groups excluding tert-OH is 1. The number of thioether (sulfide) groups is 1. The highest BCUT2D eigenvalue weighted by Gasteiger charge is 2.03. The maximum Gasteiger partial charge on any atom is 0.0556 e. The van der Waals surface area contributed by atoms with Gasteiger partial charge in [-0.2, -0.15) is 0 Å². The van der Waals surface area contributed by atoms with E-state index in [2.05, 4.69) is 43.4 Å². The minimum absolute atomic E-state index is 0.189. The summed E-state index contributed by atoms with van der Waals surface area (Å²) in [7, 11) is 0. The summed E-state index contributed by atoms with van der Waals surface area (Å²) in [6, 6.07) is 8.90. The summed E-state index contributed by atoms with van der Waals surface area (Å²) < 4.78 is 0. The molecule has 0 fully saturated rings. The molecule has 1 unspecified atom stereocenters. The van der Waals surface area contributed by atoms with Crippen LogP contribution in [0, 0.1) is 0 Å². The van der Waals surface area contributed by atoms with E-state index in [9.17, 15) is 0 Å². The van der Waals surface area contributed by atoms with Crippen molar-refractivity contribution in [1.82, 2.24) is 5.32 Å². The van der Waals surface area contributed by atoms with E-state index in [1.165, 1.54) is 10.5 Å². The molecular weight excluding hydrogens is 206 g/mol. The Bertz CT molecular complexity index is 273. The highest BCUT2D eigenvalue weighted by Crippen LogP contribution is 2.20. The van der Waals surface area contributed by atoms with Gasteiger partial charge in [0, 0.05) is 17.5 Å². The van der Waals surface area contributed by atoms with E-state index in [0.717, 1.165) is 5.75 Å². The van der Waals surface area contributed by atoms with Crippen LogP contribution in [0.3, 0.4) is 0 Å². The normalized spacial score (nSPS) is 12.7. The number of aliphatic hydroxyl groups is 1. The van der Waals surface area contributed by atoms with Crippen molar-refractivity contribution in [3.63, 3.8) is 0 Å². The van der Waals surface area contributed by atoms with E-state index >= 15 is 0 Å². The van der Waals surface area contributed by atoms with Crippen molar-refractivity contribution < 1.29 is 5.11 Å². The summed E-state index contributed by atoms with van der Waals surface area (Å²) in [5.41, 5.74) is 1.27. The lowest BCUT2D eigenvalue weighted by atomic mass is 10.1. The van der Waals surface area contributed by atoms with Crippen LogP contribution in [-0.4, -0.2) is 24.0 Å². The van der Waals surface area contributed by atoms with Crippen molar-refractivity contribution in [2.75, 3.05) is 18.9 Å². The molecule has 1 aromatic rings. The average molecular weight is 225 g/mol. The number of hydrogen-bond donors (Lipinski definition) is 2. The third-order valence-corrected chi connectivity index (χ3v) is 3.15. The van der Waals surface area contributed by atoms with Crippen LogP contribution in [-0.2, 0) is 0 Å². The fourth-order valence-corrected chi connectivity index (χ4v) is 2.08. The van der Waals surface area contributed by atoms with E-state index in [-0.39, 0.29) is 6.61 Å². The molecule has 1 atom stereocenters. The van der Waals surface area contributed by atoms with Crippen LogP contribution >= 0.6 is 11.8 Å². The first kappa shape index (κ1) is 12.6. The van der Waals surface area contributed by atoms with Gasteiger partial charge in [0.25, 0.3) is 0 Å². The quantitative estimate of drug-likeness (QED) is 0.729. The average Bonchev–Trinajstić information content (AvgIpc) is 2.27. The Balaban J connectivity index is 2.54. The molecule has 0 aliphatic carbocycles. The molecule has 2 nitrogen and oxygen atoms in total. The lowest BCUT2D eigenvalue weighted by Crippen LogP contribution is -2.21. The first-order valence-electron chi connectivity index (χ1n) is 5.35. The Labute approximate surface area is 96.1 Å². The summed E-state index contributed by atoms with van der Waals surface area (Å²) in [6.45, 7) is 5.10. The van der Waals surface area contributed by atoms with E-state index < -0.39 is 0 Å². The van der Waals surface area contributed by atoms with Crippen LogP contribution in [0.5, 0.6) is 0 Å². The standard InChI is InChI=1S/C12H19NOS/c1-3-15-12-6-4-11(5-7-12)10(2)13-8-9-14/h4-7,10,13-14H,3,8-9H2,1-2H3. The summed E-state index contributed by atoms with van der Waals surface area (Å²) in [5.74, 6) is 1.11. The number of nitrogens with one attached hydrogen (secondary N) is 1. The molecule has 0 saturated heterocycles. The molecular formula is C12H19NOS. The smallest absolute Gasteiger partial charge is 0.0556 e. The monoisotopic (exact) mass is 225 g/mol. The second kappa shape index (κ2) is 6.88. The van der Waals surface area contributed by atoms with Gasteiger partial charge in [-0.15, -0.1) is 11.8 Å². The zero-order chi connectivity index (χ0) is 11.1. The highest BCUT2D eigenvalue weighted by atomic mass is 32.2. The zero-order valence-electron chi connectivity index (χ0n) is 9.36. The molecule has 0 bridgehead atoms. The number of hydrogen-bond acceptors (Lipinski definition) is 3. The maximum atomic E-state index is 8.71. The molecule has 1 rings (SSSR count). The van der Waals surface area contributed by atoms with Crippen molar-refractivity contribution in [2.24, 2.45) is 0 Å². The summed E-state index contributed by atoms with van der Waals surface area (Å²) in [5, 5.41) is 12.0. The molecule has 0 radical (unpaired) electrons. The molecule has 1 aromatic carbocycles. The van der Waals surface area contributed by atoms with Gasteiger partial charge in [0.2, 0.25) is 0 Å². The van der Waals surface area contributed by atoms with E-state index in [0.29, 0.717) is 12.6 Å². The van der Waals surface area contributed by atoms with Crippen molar-refractivity contribution in [3.05, 3.63) is 29.8 Å². The van der Waals surface area contributed by atoms with Crippen molar-refractivity contribution in [1.29, 1.82) is 0 Å². The van der Waals surface area contributed by atoms with Crippen LogP contribution in [0.1, 0.15) is 25.5 Å². The number of rotatable bonds is 6. The molecule has 0 aromatic heterocycles. The summed E-state index contributed by atoms with van der Waals surface area (Å²) in [6.07, 6.45) is 0. The molecule has 15 heavy (non-hydrogen) atoms. The van der Waals surface area contributed by atoms with Gasteiger partial charge in [-0.05, 0) is 30.4 Å². The predicted molar refractivity (Wildman–Crippen MR) is 66.3 cm³/mol. The van der Waals surface area contributed by atoms with Crippen LogP contribution in [0.25, 0.3) is 0 Å². The molecule has 0 aliphatic heterocycles. The van der Waals surface area contributed by atoms with E-state index in [1.807, 2.05) is 11.8 Å². The summed E-state index contributed by atoms with van der Waals surface area (Å²) in [4.78, 5) is 1.32. The molecule has 0 heterocycles. The Morgan fingerprint density at radius 3 is 2.53 bits per heavy atom. The largest absolute Gasteiger partial charge is 0.395 e.